The van der Waals surface area contributed by atoms with Crippen LogP contribution >= 0.6 is 0 Å². The monoisotopic (exact) mass is 319 g/mol. The zero-order chi connectivity index (χ0) is 16.4. The summed E-state index contributed by atoms with van der Waals surface area (Å²) in [5, 5.41) is 0. The number of pyridine rings is 2. The number of amides is 1. The van der Waals surface area contributed by atoms with Crippen LogP contribution in [0.15, 0.2) is 55.2 Å². The fourth-order valence-electron chi connectivity index (χ4n) is 3.03. The second kappa shape index (κ2) is 6.23. The molecule has 4 heterocycles. The number of nitrogens with zero attached hydrogens (tertiary/aromatic N) is 4. The van der Waals surface area contributed by atoms with Gasteiger partial charge in [-0.05, 0) is 23.8 Å². The molecule has 1 fully saturated rings. The van der Waals surface area contributed by atoms with E-state index in [1.807, 2.05) is 29.2 Å². The van der Waals surface area contributed by atoms with Gasteiger partial charge in [-0.25, -0.2) is 4.98 Å². The summed E-state index contributed by atoms with van der Waals surface area (Å²) < 4.78 is 0. The highest BCUT2D eigenvalue weighted by atomic mass is 16.2. The van der Waals surface area contributed by atoms with E-state index >= 15 is 0 Å². The predicted molar refractivity (Wildman–Crippen MR) is 88.8 cm³/mol. The number of hydrogen-bond acceptors (Lipinski definition) is 4. The lowest BCUT2D eigenvalue weighted by molar-refractivity contribution is -0.128. The van der Waals surface area contributed by atoms with Crippen molar-refractivity contribution in [2.45, 2.75) is 18.9 Å². The SMILES string of the molecule is O=C1C[C@H](c2ncc(-c3cccnc3)[nH]2)CN1Cc1cccnc1. The quantitative estimate of drug-likeness (QED) is 0.801. The Balaban J connectivity index is 1.48. The van der Waals surface area contributed by atoms with Gasteiger partial charge in [-0.2, -0.15) is 0 Å². The summed E-state index contributed by atoms with van der Waals surface area (Å²) in [6.07, 6.45) is 9.37. The summed E-state index contributed by atoms with van der Waals surface area (Å²) in [5.41, 5.74) is 2.96. The minimum absolute atomic E-state index is 0.0968. The molecule has 1 aliphatic rings. The normalized spacial score (nSPS) is 17.4. The molecule has 1 N–H and O–H groups in total. The Bertz CT molecular complexity index is 831. The number of rotatable bonds is 4. The third kappa shape index (κ3) is 2.90. The Labute approximate surface area is 139 Å². The van der Waals surface area contributed by atoms with Crippen molar-refractivity contribution in [2.24, 2.45) is 0 Å². The molecule has 1 atom stereocenters. The van der Waals surface area contributed by atoms with Gasteiger partial charge in [0.25, 0.3) is 0 Å². The second-order valence-corrected chi connectivity index (χ2v) is 5.96. The summed E-state index contributed by atoms with van der Waals surface area (Å²) in [4.78, 5) is 30.2. The first-order valence-electron chi connectivity index (χ1n) is 7.91. The lowest BCUT2D eigenvalue weighted by Gasteiger charge is -2.15. The molecule has 120 valence electrons. The van der Waals surface area contributed by atoms with Crippen molar-refractivity contribution in [3.05, 3.63) is 66.6 Å². The average Bonchev–Trinajstić information content (AvgIpc) is 3.24. The zero-order valence-electron chi connectivity index (χ0n) is 13.1. The Kier molecular flexibility index (Phi) is 3.78. The van der Waals surface area contributed by atoms with E-state index in [0.717, 1.165) is 22.6 Å². The van der Waals surface area contributed by atoms with Crippen molar-refractivity contribution in [1.29, 1.82) is 0 Å². The number of carbonyl (C=O) groups excluding carboxylic acids is 1. The molecule has 1 aliphatic heterocycles. The van der Waals surface area contributed by atoms with Crippen LogP contribution in [0.25, 0.3) is 11.3 Å². The van der Waals surface area contributed by atoms with Gasteiger partial charge in [0.1, 0.15) is 5.82 Å². The molecule has 3 aromatic rings. The van der Waals surface area contributed by atoms with Crippen LogP contribution < -0.4 is 0 Å². The van der Waals surface area contributed by atoms with Crippen molar-refractivity contribution in [1.82, 2.24) is 24.8 Å². The van der Waals surface area contributed by atoms with Crippen LogP contribution in [0.3, 0.4) is 0 Å². The van der Waals surface area contributed by atoms with E-state index in [2.05, 4.69) is 19.9 Å². The van der Waals surface area contributed by atoms with E-state index in [1.165, 1.54) is 0 Å². The van der Waals surface area contributed by atoms with Gasteiger partial charge in [0.05, 0.1) is 11.9 Å². The van der Waals surface area contributed by atoms with Crippen LogP contribution in [0.2, 0.25) is 0 Å². The van der Waals surface area contributed by atoms with Crippen LogP contribution in [0.1, 0.15) is 23.7 Å². The molecule has 3 aromatic heterocycles. The van der Waals surface area contributed by atoms with Crippen molar-refractivity contribution in [2.75, 3.05) is 6.54 Å². The van der Waals surface area contributed by atoms with Gasteiger partial charge in [0, 0.05) is 55.8 Å². The number of imidazole rings is 1. The average molecular weight is 319 g/mol. The van der Waals surface area contributed by atoms with Gasteiger partial charge in [-0.15, -0.1) is 0 Å². The van der Waals surface area contributed by atoms with Crippen LogP contribution in [0.5, 0.6) is 0 Å². The third-order valence-corrected chi connectivity index (χ3v) is 4.27. The Hall–Kier alpha value is -3.02. The maximum Gasteiger partial charge on any atom is 0.223 e. The van der Waals surface area contributed by atoms with Crippen molar-refractivity contribution in [3.8, 4) is 11.3 Å². The molecule has 0 spiro atoms. The number of aromatic amines is 1. The topological polar surface area (TPSA) is 74.8 Å². The van der Waals surface area contributed by atoms with E-state index in [4.69, 9.17) is 0 Å². The van der Waals surface area contributed by atoms with Gasteiger partial charge in [0.15, 0.2) is 0 Å². The summed E-state index contributed by atoms with van der Waals surface area (Å²) in [6.45, 7) is 1.27. The third-order valence-electron chi connectivity index (χ3n) is 4.27. The smallest absolute Gasteiger partial charge is 0.223 e. The molecule has 0 saturated carbocycles. The Morgan fingerprint density at radius 2 is 1.96 bits per heavy atom. The second-order valence-electron chi connectivity index (χ2n) is 5.96. The molecule has 0 aliphatic carbocycles. The number of H-pyrrole nitrogens is 1. The first-order chi connectivity index (χ1) is 11.8. The summed E-state index contributed by atoms with van der Waals surface area (Å²) in [7, 11) is 0. The first-order valence-corrected chi connectivity index (χ1v) is 7.91. The van der Waals surface area contributed by atoms with E-state index in [1.54, 1.807) is 31.0 Å². The van der Waals surface area contributed by atoms with Gasteiger partial charge in [0.2, 0.25) is 5.91 Å². The van der Waals surface area contributed by atoms with Crippen molar-refractivity contribution in [3.63, 3.8) is 0 Å². The van der Waals surface area contributed by atoms with E-state index in [9.17, 15) is 4.79 Å². The van der Waals surface area contributed by atoms with E-state index in [-0.39, 0.29) is 11.8 Å². The molecular weight excluding hydrogens is 302 g/mol. The first kappa shape index (κ1) is 14.6. The number of aromatic nitrogens is 4. The zero-order valence-corrected chi connectivity index (χ0v) is 13.1. The number of nitrogens with one attached hydrogen (secondary N) is 1. The maximum absolute atomic E-state index is 12.3. The fraction of sp³-hybridized carbons (Fsp3) is 0.222. The molecule has 1 amide bonds. The fourth-order valence-corrected chi connectivity index (χ4v) is 3.03. The van der Waals surface area contributed by atoms with Crippen LogP contribution in [-0.2, 0) is 11.3 Å². The molecule has 0 aromatic carbocycles. The van der Waals surface area contributed by atoms with Crippen LogP contribution in [0.4, 0.5) is 0 Å². The van der Waals surface area contributed by atoms with Crippen LogP contribution in [0, 0.1) is 0 Å². The minimum atomic E-state index is 0.0968. The van der Waals surface area contributed by atoms with Gasteiger partial charge >= 0.3 is 0 Å². The predicted octanol–water partition coefficient (Wildman–Crippen LogP) is 2.38. The molecular formula is C18H17N5O. The van der Waals surface area contributed by atoms with E-state index in [0.29, 0.717) is 19.5 Å². The molecule has 6 heteroatoms. The molecule has 1 saturated heterocycles. The highest BCUT2D eigenvalue weighted by Crippen LogP contribution is 2.28. The van der Waals surface area contributed by atoms with Crippen LogP contribution in [-0.4, -0.2) is 37.3 Å². The molecule has 6 nitrogen and oxygen atoms in total. The van der Waals surface area contributed by atoms with Gasteiger partial charge in [-0.3, -0.25) is 14.8 Å². The highest BCUT2D eigenvalue weighted by Gasteiger charge is 2.32. The molecule has 4 rings (SSSR count). The van der Waals surface area contributed by atoms with Crippen molar-refractivity contribution < 1.29 is 4.79 Å². The Morgan fingerprint density at radius 1 is 1.12 bits per heavy atom. The molecule has 24 heavy (non-hydrogen) atoms. The van der Waals surface area contributed by atoms with Crippen molar-refractivity contribution >= 4 is 5.91 Å². The standard InChI is InChI=1S/C18H17N5O/c24-17-7-15(12-23(17)11-13-3-1-5-19-8-13)18-21-10-16(22-18)14-4-2-6-20-9-14/h1-6,8-10,15H,7,11-12H2,(H,21,22)/t15-/m0/s1. The number of carbonyl (C=O) groups is 1. The minimum Gasteiger partial charge on any atom is -0.342 e. The molecule has 0 radical (unpaired) electrons. The molecule has 0 bridgehead atoms. The lowest BCUT2D eigenvalue weighted by atomic mass is 10.1. The summed E-state index contributed by atoms with van der Waals surface area (Å²) in [5.74, 6) is 1.11. The summed E-state index contributed by atoms with van der Waals surface area (Å²) in [6, 6.07) is 7.75. The highest BCUT2D eigenvalue weighted by molar-refractivity contribution is 5.79. The van der Waals surface area contributed by atoms with Gasteiger partial charge in [-0.1, -0.05) is 6.07 Å². The maximum atomic E-state index is 12.3. The van der Waals surface area contributed by atoms with E-state index < -0.39 is 0 Å². The number of likely N-dealkylation sites (tertiary alicyclic amines) is 1. The molecule has 0 unspecified atom stereocenters. The number of hydrogen-bond donors (Lipinski definition) is 1. The summed E-state index contributed by atoms with van der Waals surface area (Å²) >= 11 is 0. The largest absolute Gasteiger partial charge is 0.342 e. The lowest BCUT2D eigenvalue weighted by Crippen LogP contribution is -2.24. The van der Waals surface area contributed by atoms with Gasteiger partial charge < -0.3 is 9.88 Å². The Morgan fingerprint density at radius 3 is 2.71 bits per heavy atom.